The highest BCUT2D eigenvalue weighted by Gasteiger charge is 2.45. The monoisotopic (exact) mass is 1240 g/mol. The molecule has 86 heavy (non-hydrogen) atoms. The quantitative estimate of drug-likeness (QED) is 0.0267. The molecule has 4 saturated heterocycles. The molecular formula is C60H78ClF4N11O9S. The highest BCUT2D eigenvalue weighted by Crippen LogP contribution is 2.45. The number of piperazine rings is 1. The zero-order valence-electron chi connectivity index (χ0n) is 49.4. The Morgan fingerprint density at radius 2 is 1.58 bits per heavy atom. The summed E-state index contributed by atoms with van der Waals surface area (Å²) < 4.78 is 89.3. The number of halogens is 5. The van der Waals surface area contributed by atoms with Gasteiger partial charge in [-0.3, -0.25) is 19.3 Å². The Hall–Kier alpha value is -5.90. The van der Waals surface area contributed by atoms with Crippen LogP contribution in [0.4, 0.5) is 29.2 Å². The highest BCUT2D eigenvalue weighted by molar-refractivity contribution is 7.13. The first-order chi connectivity index (χ1) is 41.0. The molecule has 0 saturated carbocycles. The van der Waals surface area contributed by atoms with E-state index in [0.29, 0.717) is 51.9 Å². The van der Waals surface area contributed by atoms with Crippen LogP contribution in [-0.4, -0.2) is 181 Å². The number of hydrogen-bond donors (Lipinski definition) is 5. The molecule has 4 aliphatic rings. The smallest absolute Gasteiger partial charge is 0.418 e. The average molecular weight is 1240 g/mol. The summed E-state index contributed by atoms with van der Waals surface area (Å²) in [5.41, 5.74) is 6.97. The van der Waals surface area contributed by atoms with Crippen LogP contribution >= 0.6 is 22.9 Å². The molecule has 0 aliphatic carbocycles. The number of β-amino-alcohol motifs (C(OH)–C–C–N with tert-alkyl or cyclic N) is 1. The van der Waals surface area contributed by atoms with Gasteiger partial charge >= 0.3 is 12.2 Å². The number of fused-ring (bicyclic) bond motifs is 3. The number of aliphatic hydroxyl groups is 1. The van der Waals surface area contributed by atoms with Crippen molar-refractivity contribution in [1.82, 2.24) is 45.7 Å². The number of alkyl halides is 3. The average Bonchev–Trinajstić information content (AvgIpc) is 1.09. The number of nitrogens with two attached hydrogens (primary N) is 1. The summed E-state index contributed by atoms with van der Waals surface area (Å²) in [6, 6.07) is 8.36. The number of likely N-dealkylation sites (tertiary alicyclic amines) is 2. The van der Waals surface area contributed by atoms with Gasteiger partial charge < -0.3 is 60.3 Å². The van der Waals surface area contributed by atoms with Crippen molar-refractivity contribution < 1.29 is 60.7 Å². The van der Waals surface area contributed by atoms with Gasteiger partial charge in [0.25, 0.3) is 0 Å². The van der Waals surface area contributed by atoms with Gasteiger partial charge in [0, 0.05) is 62.7 Å². The molecule has 7 heterocycles. The number of aliphatic hydroxyl groups excluding tert-OH is 1. The summed E-state index contributed by atoms with van der Waals surface area (Å²) in [7, 11) is 0. The standard InChI is InChI=1S/C60H78ClF4N11O9S/c1-34-25-46(66)70-52(49(34)60(63,64)65)48-44(61)27-43-51(50(48)62)72-58(73-55(43)75-28-39-14-15-40(29-75)69-39)85-31-41-9-7-16-74(41)17-8-18-81-19-20-82-21-22-83-23-24-84-32-47(78)71-54(59(4,5)6)57(80)76-30-42(77)26-45(76)56(79)68-35(2)37-10-12-38(13-11-37)53-36(3)67-33-86-53/h10-13,25,27,33,35,39-42,45,54,69,77H,7-9,14-24,26,28-32H2,1-6H3,(H2,66,70)(H,68,79)(H,71,78)/t35-,39?,40?,41?,42+,45-,54+/m0/s1. The summed E-state index contributed by atoms with van der Waals surface area (Å²) in [5.74, 6) is -2.28. The maximum atomic E-state index is 16.9. The molecule has 0 radical (unpaired) electrons. The van der Waals surface area contributed by atoms with Crippen molar-refractivity contribution in [2.75, 3.05) is 103 Å². The molecule has 3 amide bonds. The molecule has 26 heteroatoms. The highest BCUT2D eigenvalue weighted by atomic mass is 35.5. The minimum absolute atomic E-state index is 0.00682. The van der Waals surface area contributed by atoms with E-state index >= 15 is 4.39 Å². The number of pyridine rings is 1. The van der Waals surface area contributed by atoms with Gasteiger partial charge in [0.2, 0.25) is 17.7 Å². The molecule has 2 aromatic carbocycles. The second-order valence-electron chi connectivity index (χ2n) is 23.7. The summed E-state index contributed by atoms with van der Waals surface area (Å²) >= 11 is 8.24. The maximum absolute atomic E-state index is 16.9. The number of carbonyl (C=O) groups is 3. The van der Waals surface area contributed by atoms with Crippen LogP contribution in [0.1, 0.15) is 94.6 Å². The van der Waals surface area contributed by atoms with Crippen LogP contribution in [0, 0.1) is 25.1 Å². The Balaban J connectivity index is 0.665. The first-order valence-electron chi connectivity index (χ1n) is 29.4. The minimum atomic E-state index is -4.88. The first-order valence-corrected chi connectivity index (χ1v) is 30.6. The van der Waals surface area contributed by atoms with Gasteiger partial charge in [-0.1, -0.05) is 56.6 Å². The molecule has 9 rings (SSSR count). The second-order valence-corrected chi connectivity index (χ2v) is 24.9. The van der Waals surface area contributed by atoms with Gasteiger partial charge in [-0.05, 0) is 93.7 Å². The lowest BCUT2D eigenvalue weighted by Gasteiger charge is -2.35. The van der Waals surface area contributed by atoms with Gasteiger partial charge in [-0.25, -0.2) is 14.4 Å². The van der Waals surface area contributed by atoms with Gasteiger partial charge in [0.15, 0.2) is 5.82 Å². The van der Waals surface area contributed by atoms with Gasteiger partial charge in [-0.2, -0.15) is 23.1 Å². The van der Waals surface area contributed by atoms with E-state index in [1.165, 1.54) is 17.9 Å². The van der Waals surface area contributed by atoms with E-state index in [0.717, 1.165) is 73.0 Å². The lowest BCUT2D eigenvalue weighted by Crippen LogP contribution is -2.58. The molecule has 3 aromatic heterocycles. The van der Waals surface area contributed by atoms with Crippen LogP contribution in [0.5, 0.6) is 6.01 Å². The normalized spacial score (nSPS) is 20.7. The van der Waals surface area contributed by atoms with E-state index in [4.69, 9.17) is 46.0 Å². The number of aryl methyl sites for hydroxylation is 2. The number of nitrogen functional groups attached to an aromatic ring is 1. The largest absolute Gasteiger partial charge is 0.462 e. The van der Waals surface area contributed by atoms with E-state index < -0.39 is 70.1 Å². The number of rotatable bonds is 26. The minimum Gasteiger partial charge on any atom is -0.462 e. The summed E-state index contributed by atoms with van der Waals surface area (Å²) in [6.45, 7) is 15.2. The number of hydrogen-bond acceptors (Lipinski definition) is 18. The van der Waals surface area contributed by atoms with Gasteiger partial charge in [0.05, 0.1) is 89.7 Å². The number of nitrogens with zero attached hydrogens (tertiary/aromatic N) is 7. The van der Waals surface area contributed by atoms with E-state index in [1.807, 2.05) is 63.8 Å². The molecule has 3 unspecified atom stereocenters. The predicted molar refractivity (Wildman–Crippen MR) is 318 cm³/mol. The van der Waals surface area contributed by atoms with Crippen LogP contribution in [0.25, 0.3) is 32.6 Å². The molecule has 0 spiro atoms. The van der Waals surface area contributed by atoms with Crippen LogP contribution in [-0.2, 0) is 39.5 Å². The van der Waals surface area contributed by atoms with Crippen molar-refractivity contribution in [3.8, 4) is 27.7 Å². The third-order valence-electron chi connectivity index (χ3n) is 16.2. The van der Waals surface area contributed by atoms with Crippen molar-refractivity contribution >= 4 is 63.2 Å². The Morgan fingerprint density at radius 1 is 0.907 bits per heavy atom. The van der Waals surface area contributed by atoms with Crippen molar-refractivity contribution in [3.63, 3.8) is 0 Å². The van der Waals surface area contributed by atoms with Crippen molar-refractivity contribution in [3.05, 3.63) is 75.1 Å². The van der Waals surface area contributed by atoms with Crippen molar-refractivity contribution in [1.29, 1.82) is 0 Å². The number of amides is 3. The van der Waals surface area contributed by atoms with Gasteiger partial charge in [0.1, 0.15) is 42.4 Å². The summed E-state index contributed by atoms with van der Waals surface area (Å²) in [4.78, 5) is 65.2. The summed E-state index contributed by atoms with van der Waals surface area (Å²) in [6.07, 6.45) is -1.26. The number of nitrogens with one attached hydrogen (secondary N) is 3. The van der Waals surface area contributed by atoms with Crippen LogP contribution in [0.3, 0.4) is 0 Å². The third-order valence-corrected chi connectivity index (χ3v) is 17.4. The lowest BCUT2D eigenvalue weighted by molar-refractivity contribution is -0.144. The number of carbonyl (C=O) groups excluding carboxylic acids is 3. The fraction of sp³-hybridized carbons (Fsp3) is 0.583. The SMILES string of the molecule is Cc1cc(N)nc(-c2c(Cl)cc3c(N4CC5CCC(C4)N5)nc(OCC4CCCN4CCCOCCOCCOCCOCC(=O)N[C@H](C(=O)N4C[C@H](O)C[C@H]4C(=O)N[C@@H](C)c4ccc(-c5scnc5C)cc4)C(C)(C)C)nc3c2F)c1C(F)(F)F. The molecular weight excluding hydrogens is 1160 g/mol. The van der Waals surface area contributed by atoms with E-state index in [1.54, 1.807) is 16.8 Å². The maximum Gasteiger partial charge on any atom is 0.418 e. The zero-order chi connectivity index (χ0) is 61.5. The number of anilines is 2. The number of thiazole rings is 1. The van der Waals surface area contributed by atoms with Crippen molar-refractivity contribution in [2.45, 2.75) is 129 Å². The number of ether oxygens (including phenoxy) is 5. The molecule has 20 nitrogen and oxygen atoms in total. The first kappa shape index (κ1) is 64.6. The fourth-order valence-electron chi connectivity index (χ4n) is 11.9. The van der Waals surface area contributed by atoms with Crippen LogP contribution in [0.15, 0.2) is 41.9 Å². The molecule has 2 bridgehead atoms. The molecule has 7 atom stereocenters. The zero-order valence-corrected chi connectivity index (χ0v) is 51.0. The Morgan fingerprint density at radius 3 is 2.23 bits per heavy atom. The molecule has 6 N–H and O–H groups in total. The Kier molecular flexibility index (Phi) is 21.4. The van der Waals surface area contributed by atoms with Crippen LogP contribution < -0.4 is 31.3 Å². The van der Waals surface area contributed by atoms with E-state index in [-0.39, 0.29) is 96.9 Å². The lowest BCUT2D eigenvalue weighted by atomic mass is 9.85. The van der Waals surface area contributed by atoms with Gasteiger partial charge in [-0.15, -0.1) is 11.3 Å². The number of aromatic nitrogens is 4. The second kappa shape index (κ2) is 28.5. The van der Waals surface area contributed by atoms with Crippen molar-refractivity contribution in [2.24, 2.45) is 5.41 Å². The summed E-state index contributed by atoms with van der Waals surface area (Å²) in [5, 5.41) is 20.0. The molecule has 468 valence electrons. The fourth-order valence-corrected chi connectivity index (χ4v) is 12.9. The molecule has 5 aromatic rings. The van der Waals surface area contributed by atoms with Crippen LogP contribution in [0.2, 0.25) is 5.02 Å². The number of benzene rings is 2. The molecule has 4 fully saturated rings. The Labute approximate surface area is 507 Å². The third kappa shape index (κ3) is 15.9. The molecule has 4 aliphatic heterocycles. The van der Waals surface area contributed by atoms with E-state index in [9.17, 15) is 32.7 Å². The Bertz CT molecular complexity index is 3160. The predicted octanol–water partition coefficient (Wildman–Crippen LogP) is 7.44. The topological polar surface area (TPSA) is 241 Å². The van der Waals surface area contributed by atoms with E-state index in [2.05, 4.69) is 35.8 Å².